The van der Waals surface area contributed by atoms with Crippen LogP contribution in [0.15, 0.2) is 0 Å². The van der Waals surface area contributed by atoms with Crippen LogP contribution in [0.4, 0.5) is 0 Å². The van der Waals surface area contributed by atoms with E-state index in [0.29, 0.717) is 12.3 Å². The third kappa shape index (κ3) is 2.96. The van der Waals surface area contributed by atoms with Gasteiger partial charge in [0.2, 0.25) is 5.91 Å². The summed E-state index contributed by atoms with van der Waals surface area (Å²) >= 11 is 0. The lowest BCUT2D eigenvalue weighted by Crippen LogP contribution is -2.46. The van der Waals surface area contributed by atoms with Crippen LogP contribution in [0, 0.1) is 5.92 Å². The third-order valence-corrected chi connectivity index (χ3v) is 2.77. The van der Waals surface area contributed by atoms with Crippen molar-refractivity contribution < 1.29 is 9.90 Å². The number of carbonyl (C=O) groups excluding carboxylic acids is 1. The van der Waals surface area contributed by atoms with Gasteiger partial charge in [0, 0.05) is 12.6 Å². The normalized spacial score (nSPS) is 28.8. The number of aliphatic hydroxyl groups is 1. The molecular weight excluding hydrogens is 180 g/mol. The fourth-order valence-corrected chi connectivity index (χ4v) is 1.78. The number of nitrogens with one attached hydrogen (secondary N) is 2. The summed E-state index contributed by atoms with van der Waals surface area (Å²) in [6.07, 6.45) is 1.68. The van der Waals surface area contributed by atoms with E-state index in [1.54, 1.807) is 0 Å². The topological polar surface area (TPSA) is 61.4 Å². The van der Waals surface area contributed by atoms with Gasteiger partial charge in [0.25, 0.3) is 0 Å². The molecule has 82 valence electrons. The maximum Gasteiger partial charge on any atom is 0.237 e. The van der Waals surface area contributed by atoms with Crippen LogP contribution in [0.5, 0.6) is 0 Å². The zero-order valence-corrected chi connectivity index (χ0v) is 8.92. The summed E-state index contributed by atoms with van der Waals surface area (Å²) < 4.78 is 0. The summed E-state index contributed by atoms with van der Waals surface area (Å²) in [6, 6.07) is 0.0123. The fraction of sp³-hybridized carbons (Fsp3) is 0.900. The van der Waals surface area contributed by atoms with Crippen molar-refractivity contribution in [2.24, 2.45) is 5.92 Å². The molecule has 1 rings (SSSR count). The van der Waals surface area contributed by atoms with E-state index in [9.17, 15) is 4.79 Å². The van der Waals surface area contributed by atoms with Crippen LogP contribution in [-0.4, -0.2) is 36.2 Å². The highest BCUT2D eigenvalue weighted by Gasteiger charge is 2.29. The van der Waals surface area contributed by atoms with Crippen molar-refractivity contribution in [1.82, 2.24) is 10.6 Å². The first-order valence-corrected chi connectivity index (χ1v) is 5.29. The first-order chi connectivity index (χ1) is 6.65. The molecule has 0 aromatic carbocycles. The first kappa shape index (κ1) is 11.5. The Morgan fingerprint density at radius 3 is 2.93 bits per heavy atom. The lowest BCUT2D eigenvalue weighted by atomic mass is 10.0. The summed E-state index contributed by atoms with van der Waals surface area (Å²) in [5, 5.41) is 14.8. The van der Waals surface area contributed by atoms with Crippen molar-refractivity contribution in [2.75, 3.05) is 13.2 Å². The van der Waals surface area contributed by atoms with Crippen LogP contribution in [0.2, 0.25) is 0 Å². The molecule has 3 N–H and O–H groups in total. The summed E-state index contributed by atoms with van der Waals surface area (Å²) in [7, 11) is 0. The van der Waals surface area contributed by atoms with Gasteiger partial charge in [-0.3, -0.25) is 4.79 Å². The zero-order valence-electron chi connectivity index (χ0n) is 8.92. The van der Waals surface area contributed by atoms with E-state index in [-0.39, 0.29) is 24.6 Å². The van der Waals surface area contributed by atoms with Crippen LogP contribution in [-0.2, 0) is 4.79 Å². The van der Waals surface area contributed by atoms with E-state index in [4.69, 9.17) is 5.11 Å². The van der Waals surface area contributed by atoms with E-state index in [0.717, 1.165) is 13.0 Å². The molecular formula is C10H20N2O2. The summed E-state index contributed by atoms with van der Waals surface area (Å²) in [5.74, 6) is 0.479. The highest BCUT2D eigenvalue weighted by Crippen LogP contribution is 2.14. The molecule has 1 amide bonds. The molecule has 3 unspecified atom stereocenters. The number of carbonyl (C=O) groups is 1. The fourth-order valence-electron chi connectivity index (χ4n) is 1.78. The number of hydrogen-bond donors (Lipinski definition) is 3. The maximum atomic E-state index is 11.7. The van der Waals surface area contributed by atoms with Gasteiger partial charge in [-0.2, -0.15) is 0 Å². The van der Waals surface area contributed by atoms with Crippen LogP contribution >= 0.6 is 0 Å². The van der Waals surface area contributed by atoms with E-state index < -0.39 is 0 Å². The quantitative estimate of drug-likeness (QED) is 0.592. The maximum absolute atomic E-state index is 11.7. The molecule has 0 aliphatic carbocycles. The van der Waals surface area contributed by atoms with Crippen molar-refractivity contribution >= 4 is 5.91 Å². The average molecular weight is 200 g/mol. The molecule has 1 aliphatic heterocycles. The minimum Gasteiger partial charge on any atom is -0.396 e. The minimum absolute atomic E-state index is 0.0452. The van der Waals surface area contributed by atoms with Gasteiger partial charge < -0.3 is 15.7 Å². The van der Waals surface area contributed by atoms with Gasteiger partial charge in [-0.05, 0) is 32.2 Å². The molecule has 3 atom stereocenters. The SMILES string of the molecule is CC(CCO)NC(=O)C1NCCC1C. The van der Waals surface area contributed by atoms with E-state index >= 15 is 0 Å². The molecule has 0 bridgehead atoms. The molecule has 0 spiro atoms. The number of hydrogen-bond acceptors (Lipinski definition) is 3. The molecule has 14 heavy (non-hydrogen) atoms. The molecule has 0 saturated carbocycles. The second kappa shape index (κ2) is 5.32. The third-order valence-electron chi connectivity index (χ3n) is 2.77. The molecule has 1 saturated heterocycles. The van der Waals surface area contributed by atoms with Crippen LogP contribution in [0.1, 0.15) is 26.7 Å². The highest BCUT2D eigenvalue weighted by atomic mass is 16.3. The molecule has 1 aliphatic rings. The zero-order chi connectivity index (χ0) is 10.6. The van der Waals surface area contributed by atoms with Crippen molar-refractivity contribution in [3.63, 3.8) is 0 Å². The molecule has 0 aromatic heterocycles. The Kier molecular flexibility index (Phi) is 4.35. The molecule has 0 aromatic rings. The molecule has 4 nitrogen and oxygen atoms in total. The second-order valence-corrected chi connectivity index (χ2v) is 4.12. The lowest BCUT2D eigenvalue weighted by Gasteiger charge is -2.19. The van der Waals surface area contributed by atoms with Gasteiger partial charge in [-0.15, -0.1) is 0 Å². The van der Waals surface area contributed by atoms with Gasteiger partial charge in [0.15, 0.2) is 0 Å². The van der Waals surface area contributed by atoms with Gasteiger partial charge in [-0.1, -0.05) is 6.92 Å². The largest absolute Gasteiger partial charge is 0.396 e. The summed E-state index contributed by atoms with van der Waals surface area (Å²) in [4.78, 5) is 11.7. The van der Waals surface area contributed by atoms with E-state index in [1.165, 1.54) is 0 Å². The Bertz CT molecular complexity index is 197. The first-order valence-electron chi connectivity index (χ1n) is 5.29. The van der Waals surface area contributed by atoms with Crippen LogP contribution in [0.25, 0.3) is 0 Å². The van der Waals surface area contributed by atoms with Crippen molar-refractivity contribution in [3.8, 4) is 0 Å². The Morgan fingerprint density at radius 1 is 1.71 bits per heavy atom. The number of rotatable bonds is 4. The van der Waals surface area contributed by atoms with Gasteiger partial charge in [0.05, 0.1) is 6.04 Å². The van der Waals surface area contributed by atoms with Crippen LogP contribution < -0.4 is 10.6 Å². The van der Waals surface area contributed by atoms with Crippen molar-refractivity contribution in [1.29, 1.82) is 0 Å². The standard InChI is InChI=1S/C10H20N2O2/c1-7-3-5-11-9(7)10(14)12-8(2)4-6-13/h7-9,11,13H,3-6H2,1-2H3,(H,12,14). The lowest BCUT2D eigenvalue weighted by molar-refractivity contribution is -0.124. The van der Waals surface area contributed by atoms with Crippen molar-refractivity contribution in [3.05, 3.63) is 0 Å². The predicted molar refractivity (Wildman–Crippen MR) is 54.9 cm³/mol. The summed E-state index contributed by atoms with van der Waals surface area (Å²) in [6.45, 7) is 5.04. The Hall–Kier alpha value is -0.610. The number of amides is 1. The summed E-state index contributed by atoms with van der Waals surface area (Å²) in [5.41, 5.74) is 0. The molecule has 1 fully saturated rings. The molecule has 0 radical (unpaired) electrons. The Balaban J connectivity index is 2.33. The van der Waals surface area contributed by atoms with E-state index in [2.05, 4.69) is 17.6 Å². The highest BCUT2D eigenvalue weighted by molar-refractivity contribution is 5.82. The second-order valence-electron chi connectivity index (χ2n) is 4.12. The monoisotopic (exact) mass is 200 g/mol. The molecule has 1 heterocycles. The van der Waals surface area contributed by atoms with Crippen molar-refractivity contribution in [2.45, 2.75) is 38.8 Å². The smallest absolute Gasteiger partial charge is 0.237 e. The van der Waals surface area contributed by atoms with Gasteiger partial charge in [-0.25, -0.2) is 0 Å². The average Bonchev–Trinajstić information content (AvgIpc) is 2.51. The Morgan fingerprint density at radius 2 is 2.43 bits per heavy atom. The number of aliphatic hydroxyl groups excluding tert-OH is 1. The predicted octanol–water partition coefficient (Wildman–Crippen LogP) is -0.128. The van der Waals surface area contributed by atoms with E-state index in [1.807, 2.05) is 6.92 Å². The Labute approximate surface area is 85.1 Å². The minimum atomic E-state index is -0.0452. The van der Waals surface area contributed by atoms with Crippen LogP contribution in [0.3, 0.4) is 0 Å². The molecule has 4 heteroatoms. The van der Waals surface area contributed by atoms with Gasteiger partial charge >= 0.3 is 0 Å². The van der Waals surface area contributed by atoms with Gasteiger partial charge in [0.1, 0.15) is 0 Å².